The molecule has 0 aromatic carbocycles. The van der Waals surface area contributed by atoms with Gasteiger partial charge in [-0.1, -0.05) is 0 Å². The van der Waals surface area contributed by atoms with Gasteiger partial charge in [-0.3, -0.25) is 4.79 Å². The fourth-order valence-corrected chi connectivity index (χ4v) is 5.17. The molecular weight excluding hydrogens is 537 g/mol. The zero-order valence-electron chi connectivity index (χ0n) is 21.6. The van der Waals surface area contributed by atoms with Crippen molar-refractivity contribution in [2.75, 3.05) is 17.2 Å². The van der Waals surface area contributed by atoms with E-state index in [9.17, 15) is 26.4 Å². The normalized spacial score (nSPS) is 13.9. The molecule has 0 aliphatic heterocycles. The molecule has 0 saturated heterocycles. The SMILES string of the molecule is Cc1cc(Nc2cc(NC(C)C)c(C(=O)NCCCC(F)(F)F)cn2)nc(-c2cnn(S(=O)(=O)C3CC3)c2)n1. The van der Waals surface area contributed by atoms with Gasteiger partial charge in [0.1, 0.15) is 11.6 Å². The van der Waals surface area contributed by atoms with Crippen LogP contribution in [0.2, 0.25) is 0 Å². The highest BCUT2D eigenvalue weighted by Crippen LogP contribution is 2.30. The molecule has 4 rings (SSSR count). The van der Waals surface area contributed by atoms with Crippen LogP contribution in [0.25, 0.3) is 11.4 Å². The summed E-state index contributed by atoms with van der Waals surface area (Å²) in [6.45, 7) is 5.39. The average Bonchev–Trinajstić information content (AvgIpc) is 3.57. The highest BCUT2D eigenvalue weighted by molar-refractivity contribution is 7.90. The van der Waals surface area contributed by atoms with Crippen molar-refractivity contribution in [1.82, 2.24) is 29.5 Å². The van der Waals surface area contributed by atoms with E-state index in [0.29, 0.717) is 41.4 Å². The molecule has 0 spiro atoms. The van der Waals surface area contributed by atoms with Crippen LogP contribution in [0.15, 0.2) is 30.7 Å². The summed E-state index contributed by atoms with van der Waals surface area (Å²) < 4.78 is 63.0. The Morgan fingerprint density at radius 2 is 1.90 bits per heavy atom. The Morgan fingerprint density at radius 1 is 1.15 bits per heavy atom. The van der Waals surface area contributed by atoms with Gasteiger partial charge in [0.25, 0.3) is 15.9 Å². The molecule has 0 bridgehead atoms. The minimum Gasteiger partial charge on any atom is -0.382 e. The Labute approximate surface area is 223 Å². The molecule has 15 heteroatoms. The predicted molar refractivity (Wildman–Crippen MR) is 139 cm³/mol. The van der Waals surface area contributed by atoms with E-state index in [-0.39, 0.29) is 30.4 Å². The predicted octanol–water partition coefficient (Wildman–Crippen LogP) is 4.02. The lowest BCUT2D eigenvalue weighted by atomic mass is 10.2. The number of halogens is 3. The number of aryl methyl sites for hydroxylation is 1. The van der Waals surface area contributed by atoms with E-state index in [1.165, 1.54) is 18.6 Å². The molecule has 1 aliphatic rings. The summed E-state index contributed by atoms with van der Waals surface area (Å²) in [6.07, 6.45) is -0.150. The number of pyridine rings is 1. The Hall–Kier alpha value is -3.75. The van der Waals surface area contributed by atoms with Crippen molar-refractivity contribution >= 4 is 33.3 Å². The summed E-state index contributed by atoms with van der Waals surface area (Å²) in [5, 5.41) is 12.3. The first-order valence-corrected chi connectivity index (χ1v) is 13.9. The number of alkyl halides is 3. The van der Waals surface area contributed by atoms with Crippen LogP contribution >= 0.6 is 0 Å². The Bertz CT molecular complexity index is 1450. The number of rotatable bonds is 11. The third-order valence-corrected chi connectivity index (χ3v) is 7.69. The number of carbonyl (C=O) groups is 1. The van der Waals surface area contributed by atoms with Crippen molar-refractivity contribution in [2.24, 2.45) is 0 Å². The van der Waals surface area contributed by atoms with Gasteiger partial charge < -0.3 is 16.0 Å². The summed E-state index contributed by atoms with van der Waals surface area (Å²) in [7, 11) is -3.53. The van der Waals surface area contributed by atoms with Crippen LogP contribution in [0.3, 0.4) is 0 Å². The first-order chi connectivity index (χ1) is 18.3. The van der Waals surface area contributed by atoms with Crippen LogP contribution in [0.1, 0.15) is 55.6 Å². The van der Waals surface area contributed by atoms with Gasteiger partial charge in [0.2, 0.25) is 0 Å². The number of nitrogens with zero attached hydrogens (tertiary/aromatic N) is 5. The van der Waals surface area contributed by atoms with Gasteiger partial charge in [-0.15, -0.1) is 0 Å². The number of hydrogen-bond acceptors (Lipinski definition) is 9. The zero-order valence-corrected chi connectivity index (χ0v) is 22.4. The summed E-state index contributed by atoms with van der Waals surface area (Å²) in [5.41, 5.74) is 1.66. The fraction of sp³-hybridized carbons (Fsp3) is 0.458. The summed E-state index contributed by atoms with van der Waals surface area (Å²) in [6, 6.07) is 3.23. The van der Waals surface area contributed by atoms with Crippen LogP contribution in [0, 0.1) is 6.92 Å². The number of amides is 1. The van der Waals surface area contributed by atoms with Crippen LogP contribution < -0.4 is 16.0 Å². The lowest BCUT2D eigenvalue weighted by Gasteiger charge is -2.16. The molecule has 39 heavy (non-hydrogen) atoms. The molecule has 3 aromatic rings. The largest absolute Gasteiger partial charge is 0.389 e. The molecule has 0 unspecified atom stereocenters. The van der Waals surface area contributed by atoms with Gasteiger partial charge in [-0.25, -0.2) is 23.4 Å². The second-order valence-corrected chi connectivity index (χ2v) is 11.6. The van der Waals surface area contributed by atoms with E-state index >= 15 is 0 Å². The quantitative estimate of drug-likeness (QED) is 0.293. The van der Waals surface area contributed by atoms with Crippen LogP contribution in [-0.2, 0) is 10.0 Å². The van der Waals surface area contributed by atoms with Gasteiger partial charge in [0.15, 0.2) is 5.82 Å². The van der Waals surface area contributed by atoms with Gasteiger partial charge in [-0.05, 0) is 40.0 Å². The molecule has 1 fully saturated rings. The zero-order chi connectivity index (χ0) is 28.4. The minimum atomic E-state index is -4.28. The van der Waals surface area contributed by atoms with Gasteiger partial charge in [0.05, 0.1) is 34.5 Å². The number of carbonyl (C=O) groups excluding carboxylic acids is 1. The van der Waals surface area contributed by atoms with E-state index in [1.807, 2.05) is 13.8 Å². The second-order valence-electron chi connectivity index (χ2n) is 9.58. The summed E-state index contributed by atoms with van der Waals surface area (Å²) in [4.78, 5) is 25.8. The minimum absolute atomic E-state index is 0.0478. The van der Waals surface area contributed by atoms with E-state index in [2.05, 4.69) is 36.0 Å². The van der Waals surface area contributed by atoms with Crippen LogP contribution in [-0.4, -0.2) is 62.5 Å². The van der Waals surface area contributed by atoms with Crippen molar-refractivity contribution in [3.8, 4) is 11.4 Å². The molecule has 0 radical (unpaired) electrons. The third-order valence-electron chi connectivity index (χ3n) is 5.65. The monoisotopic (exact) mass is 566 g/mol. The molecule has 1 saturated carbocycles. The van der Waals surface area contributed by atoms with E-state index in [4.69, 9.17) is 0 Å². The molecule has 3 N–H and O–H groups in total. The summed E-state index contributed by atoms with van der Waals surface area (Å²) >= 11 is 0. The average molecular weight is 567 g/mol. The highest BCUT2D eigenvalue weighted by atomic mass is 32.2. The Balaban J connectivity index is 1.52. The van der Waals surface area contributed by atoms with E-state index in [1.54, 1.807) is 19.1 Å². The lowest BCUT2D eigenvalue weighted by molar-refractivity contribution is -0.135. The van der Waals surface area contributed by atoms with Crippen LogP contribution in [0.4, 0.5) is 30.5 Å². The molecule has 0 atom stereocenters. The molecule has 1 aliphatic carbocycles. The van der Waals surface area contributed by atoms with Crippen molar-refractivity contribution in [3.05, 3.63) is 42.0 Å². The van der Waals surface area contributed by atoms with Crippen LogP contribution in [0.5, 0.6) is 0 Å². The second kappa shape index (κ2) is 11.2. The van der Waals surface area contributed by atoms with Gasteiger partial charge in [-0.2, -0.15) is 22.4 Å². The number of nitrogens with one attached hydrogen (secondary N) is 3. The molecule has 3 heterocycles. The third kappa shape index (κ3) is 7.43. The first-order valence-electron chi connectivity index (χ1n) is 12.4. The molecule has 11 nitrogen and oxygen atoms in total. The lowest BCUT2D eigenvalue weighted by Crippen LogP contribution is -2.27. The molecule has 3 aromatic heterocycles. The Kier molecular flexibility index (Phi) is 8.09. The van der Waals surface area contributed by atoms with E-state index < -0.39 is 33.8 Å². The topological polar surface area (TPSA) is 144 Å². The maximum absolute atomic E-state index is 12.6. The van der Waals surface area contributed by atoms with E-state index in [0.717, 1.165) is 4.09 Å². The summed E-state index contributed by atoms with van der Waals surface area (Å²) in [5.74, 6) is 0.452. The van der Waals surface area contributed by atoms with Crippen molar-refractivity contribution < 1.29 is 26.4 Å². The number of hydrogen-bond donors (Lipinski definition) is 3. The maximum atomic E-state index is 12.6. The van der Waals surface area contributed by atoms with Gasteiger partial charge >= 0.3 is 6.18 Å². The fourth-order valence-electron chi connectivity index (χ4n) is 3.69. The molecule has 1 amide bonds. The van der Waals surface area contributed by atoms with Crippen molar-refractivity contribution in [2.45, 2.75) is 63.9 Å². The number of aromatic nitrogens is 5. The first kappa shape index (κ1) is 28.3. The Morgan fingerprint density at radius 3 is 2.56 bits per heavy atom. The van der Waals surface area contributed by atoms with Crippen molar-refractivity contribution in [3.63, 3.8) is 0 Å². The smallest absolute Gasteiger partial charge is 0.382 e. The molecule has 210 valence electrons. The number of anilines is 3. The maximum Gasteiger partial charge on any atom is 0.389 e. The molecular formula is C24H29F3N8O3S. The highest BCUT2D eigenvalue weighted by Gasteiger charge is 2.37. The van der Waals surface area contributed by atoms with Crippen molar-refractivity contribution in [1.29, 1.82) is 0 Å². The van der Waals surface area contributed by atoms with Gasteiger partial charge in [0, 0.05) is 43.0 Å². The standard InChI is InChI=1S/C24H29F3N8O3S/c1-14(2)31-19-10-20(29-12-18(19)23(36)28-8-4-7-24(25,26)27)33-21-9-15(3)32-22(34-21)16-11-30-35(13-16)39(37,38)17-5-6-17/h9-14,17H,4-8H2,1-3H3,(H,28,36)(H2,29,31,32,33,34).